The van der Waals surface area contributed by atoms with Crippen LogP contribution in [0, 0.1) is 5.92 Å². The molecule has 0 aliphatic carbocycles. The molecule has 0 unspecified atom stereocenters. The van der Waals surface area contributed by atoms with E-state index < -0.39 is 0 Å². The van der Waals surface area contributed by atoms with Gasteiger partial charge in [-0.15, -0.1) is 0 Å². The molecule has 0 bridgehead atoms. The third kappa shape index (κ3) is 2.18. The SMILES string of the molecule is CNCC1CCN(c2ccn3nccc3n2)CC1. The highest BCUT2D eigenvalue weighted by Gasteiger charge is 2.19. The molecule has 2 aromatic rings. The predicted octanol–water partition coefficient (Wildman–Crippen LogP) is 1.17. The number of fused-ring (bicyclic) bond motifs is 1. The van der Waals surface area contributed by atoms with Crippen LogP contribution in [0.1, 0.15) is 12.8 Å². The molecule has 1 aliphatic heterocycles. The van der Waals surface area contributed by atoms with Crippen molar-refractivity contribution in [3.63, 3.8) is 0 Å². The summed E-state index contributed by atoms with van der Waals surface area (Å²) in [6, 6.07) is 4.00. The maximum absolute atomic E-state index is 4.64. The molecule has 2 aromatic heterocycles. The van der Waals surface area contributed by atoms with E-state index in [2.05, 4.69) is 26.4 Å². The molecule has 5 nitrogen and oxygen atoms in total. The molecule has 0 spiro atoms. The summed E-state index contributed by atoms with van der Waals surface area (Å²) in [6.07, 6.45) is 6.25. The third-order valence-electron chi connectivity index (χ3n) is 3.67. The fourth-order valence-electron chi connectivity index (χ4n) is 2.63. The van der Waals surface area contributed by atoms with Crippen LogP contribution in [0.3, 0.4) is 0 Å². The van der Waals surface area contributed by atoms with E-state index in [9.17, 15) is 0 Å². The lowest BCUT2D eigenvalue weighted by Gasteiger charge is -2.32. The first-order valence-electron chi connectivity index (χ1n) is 6.57. The predicted molar refractivity (Wildman–Crippen MR) is 71.9 cm³/mol. The Morgan fingerprint density at radius 2 is 2.17 bits per heavy atom. The first-order chi connectivity index (χ1) is 8.86. The van der Waals surface area contributed by atoms with Gasteiger partial charge in [-0.25, -0.2) is 9.50 Å². The Labute approximate surface area is 107 Å². The average molecular weight is 245 g/mol. The summed E-state index contributed by atoms with van der Waals surface area (Å²) in [7, 11) is 2.03. The van der Waals surface area contributed by atoms with Crippen LogP contribution in [0.25, 0.3) is 5.65 Å². The van der Waals surface area contributed by atoms with Gasteiger partial charge in [0.15, 0.2) is 5.65 Å². The summed E-state index contributed by atoms with van der Waals surface area (Å²) >= 11 is 0. The minimum atomic E-state index is 0.810. The topological polar surface area (TPSA) is 45.5 Å². The van der Waals surface area contributed by atoms with Crippen LogP contribution in [0.4, 0.5) is 5.82 Å². The van der Waals surface area contributed by atoms with Crippen molar-refractivity contribution in [2.24, 2.45) is 5.92 Å². The lowest BCUT2D eigenvalue weighted by Crippen LogP contribution is -2.37. The molecular weight excluding hydrogens is 226 g/mol. The van der Waals surface area contributed by atoms with E-state index in [4.69, 9.17) is 0 Å². The van der Waals surface area contributed by atoms with Crippen LogP contribution in [-0.2, 0) is 0 Å². The van der Waals surface area contributed by atoms with Gasteiger partial charge < -0.3 is 10.2 Å². The van der Waals surface area contributed by atoms with Crippen LogP contribution in [-0.4, -0.2) is 41.3 Å². The van der Waals surface area contributed by atoms with Gasteiger partial charge in [0.25, 0.3) is 0 Å². The van der Waals surface area contributed by atoms with E-state index >= 15 is 0 Å². The van der Waals surface area contributed by atoms with Crippen LogP contribution < -0.4 is 10.2 Å². The molecular formula is C13H19N5. The molecule has 0 aromatic carbocycles. The quantitative estimate of drug-likeness (QED) is 0.881. The van der Waals surface area contributed by atoms with Gasteiger partial charge in [0.1, 0.15) is 5.82 Å². The van der Waals surface area contributed by atoms with Gasteiger partial charge in [-0.3, -0.25) is 0 Å². The summed E-state index contributed by atoms with van der Waals surface area (Å²) in [5, 5.41) is 7.44. The van der Waals surface area contributed by atoms with Crippen molar-refractivity contribution < 1.29 is 0 Å². The number of piperidine rings is 1. The van der Waals surface area contributed by atoms with Crippen molar-refractivity contribution in [2.45, 2.75) is 12.8 Å². The van der Waals surface area contributed by atoms with Crippen molar-refractivity contribution in [1.29, 1.82) is 0 Å². The Bertz CT molecular complexity index is 513. The van der Waals surface area contributed by atoms with Crippen molar-refractivity contribution in [1.82, 2.24) is 19.9 Å². The first-order valence-corrected chi connectivity index (χ1v) is 6.57. The smallest absolute Gasteiger partial charge is 0.157 e. The molecule has 3 rings (SSSR count). The second-order valence-electron chi connectivity index (χ2n) is 4.91. The molecule has 0 radical (unpaired) electrons. The van der Waals surface area contributed by atoms with Crippen molar-refractivity contribution in [3.8, 4) is 0 Å². The fourth-order valence-corrected chi connectivity index (χ4v) is 2.63. The Morgan fingerprint density at radius 1 is 1.33 bits per heavy atom. The zero-order valence-corrected chi connectivity index (χ0v) is 10.7. The normalized spacial score (nSPS) is 17.5. The Hall–Kier alpha value is -1.62. The molecule has 1 fully saturated rings. The zero-order valence-electron chi connectivity index (χ0n) is 10.7. The van der Waals surface area contributed by atoms with Gasteiger partial charge in [0.2, 0.25) is 0 Å². The number of hydrogen-bond donors (Lipinski definition) is 1. The fraction of sp³-hybridized carbons (Fsp3) is 0.538. The number of aromatic nitrogens is 3. The summed E-state index contributed by atoms with van der Waals surface area (Å²) in [4.78, 5) is 7.01. The molecule has 96 valence electrons. The monoisotopic (exact) mass is 245 g/mol. The van der Waals surface area contributed by atoms with E-state index in [-0.39, 0.29) is 0 Å². The van der Waals surface area contributed by atoms with Gasteiger partial charge in [-0.2, -0.15) is 5.10 Å². The minimum Gasteiger partial charge on any atom is -0.356 e. The number of nitrogens with one attached hydrogen (secondary N) is 1. The molecule has 0 amide bonds. The van der Waals surface area contributed by atoms with Gasteiger partial charge in [0.05, 0.1) is 6.20 Å². The number of rotatable bonds is 3. The maximum atomic E-state index is 4.64. The highest BCUT2D eigenvalue weighted by atomic mass is 15.3. The molecule has 0 atom stereocenters. The van der Waals surface area contributed by atoms with Gasteiger partial charge in [0, 0.05) is 25.4 Å². The summed E-state index contributed by atoms with van der Waals surface area (Å²) in [5.41, 5.74) is 0.921. The van der Waals surface area contributed by atoms with Crippen LogP contribution in [0.2, 0.25) is 0 Å². The lowest BCUT2D eigenvalue weighted by molar-refractivity contribution is 0.392. The van der Waals surface area contributed by atoms with Crippen molar-refractivity contribution in [2.75, 3.05) is 31.6 Å². The largest absolute Gasteiger partial charge is 0.356 e. The molecule has 3 heterocycles. The standard InChI is InChI=1S/C13H19N5/c1-14-10-11-3-7-17(8-4-11)12-5-9-18-13(16-12)2-6-15-18/h2,5-6,9,11,14H,3-4,7-8,10H2,1H3. The zero-order chi connectivity index (χ0) is 12.4. The average Bonchev–Trinajstić information content (AvgIpc) is 2.87. The summed E-state index contributed by atoms with van der Waals surface area (Å²) in [5.74, 6) is 1.89. The highest BCUT2D eigenvalue weighted by molar-refractivity contribution is 5.47. The Kier molecular flexibility index (Phi) is 3.15. The Morgan fingerprint density at radius 3 is 2.94 bits per heavy atom. The number of anilines is 1. The van der Waals surface area contributed by atoms with E-state index in [0.29, 0.717) is 0 Å². The molecule has 1 aliphatic rings. The van der Waals surface area contributed by atoms with E-state index in [1.54, 1.807) is 10.7 Å². The van der Waals surface area contributed by atoms with E-state index in [0.717, 1.165) is 37.0 Å². The van der Waals surface area contributed by atoms with Crippen LogP contribution in [0.5, 0.6) is 0 Å². The van der Waals surface area contributed by atoms with E-state index in [1.165, 1.54) is 12.8 Å². The third-order valence-corrected chi connectivity index (χ3v) is 3.67. The van der Waals surface area contributed by atoms with Gasteiger partial charge in [-0.1, -0.05) is 0 Å². The Balaban J connectivity index is 1.71. The summed E-state index contributed by atoms with van der Waals surface area (Å²) in [6.45, 7) is 3.33. The van der Waals surface area contributed by atoms with Crippen molar-refractivity contribution in [3.05, 3.63) is 24.5 Å². The lowest BCUT2D eigenvalue weighted by atomic mass is 9.97. The van der Waals surface area contributed by atoms with Gasteiger partial charge in [-0.05, 0) is 38.4 Å². The second kappa shape index (κ2) is 4.94. The molecule has 5 heteroatoms. The maximum Gasteiger partial charge on any atom is 0.157 e. The highest BCUT2D eigenvalue weighted by Crippen LogP contribution is 2.21. The molecule has 18 heavy (non-hydrogen) atoms. The molecule has 1 saturated heterocycles. The van der Waals surface area contributed by atoms with Gasteiger partial charge >= 0.3 is 0 Å². The van der Waals surface area contributed by atoms with Crippen molar-refractivity contribution >= 4 is 11.5 Å². The summed E-state index contributed by atoms with van der Waals surface area (Å²) < 4.78 is 1.80. The number of hydrogen-bond acceptors (Lipinski definition) is 4. The second-order valence-corrected chi connectivity index (χ2v) is 4.91. The number of nitrogens with zero attached hydrogens (tertiary/aromatic N) is 4. The molecule has 0 saturated carbocycles. The molecule has 1 N–H and O–H groups in total. The van der Waals surface area contributed by atoms with E-state index in [1.807, 2.05) is 19.3 Å². The first kappa shape index (κ1) is 11.5. The van der Waals surface area contributed by atoms with Crippen LogP contribution in [0.15, 0.2) is 24.5 Å². The minimum absolute atomic E-state index is 0.810. The van der Waals surface area contributed by atoms with Crippen LogP contribution >= 0.6 is 0 Å².